The molecule has 1 aromatic rings. The molecule has 4 nitrogen and oxygen atoms in total. The Bertz CT molecular complexity index is 277. The molecule has 5 heteroatoms. The Kier molecular flexibility index (Phi) is 2.67. The summed E-state index contributed by atoms with van der Waals surface area (Å²) >= 11 is 0. The van der Waals surface area contributed by atoms with Gasteiger partial charge < -0.3 is 14.8 Å². The minimum atomic E-state index is -1.51. The normalized spacial score (nSPS) is 9.67. The van der Waals surface area contributed by atoms with Gasteiger partial charge >= 0.3 is 7.12 Å². The van der Waals surface area contributed by atoms with Crippen LogP contribution in [0.2, 0.25) is 0 Å². The van der Waals surface area contributed by atoms with Gasteiger partial charge in [-0.05, 0) is 13.0 Å². The molecule has 0 unspecified atom stereocenters. The van der Waals surface area contributed by atoms with Crippen LogP contribution in [0.15, 0.2) is 12.3 Å². The third-order valence-electron chi connectivity index (χ3n) is 1.53. The summed E-state index contributed by atoms with van der Waals surface area (Å²) in [6.45, 7) is 1.77. The smallest absolute Gasteiger partial charge is 0.492 e. The van der Waals surface area contributed by atoms with Crippen LogP contribution >= 0.6 is 0 Å². The fraction of sp³-hybridized carbons (Fsp3) is 0.286. The van der Waals surface area contributed by atoms with E-state index in [1.54, 1.807) is 13.0 Å². The first kappa shape index (κ1) is 9.03. The molecule has 0 aliphatic heterocycles. The number of rotatable bonds is 2. The van der Waals surface area contributed by atoms with Crippen molar-refractivity contribution < 1.29 is 14.8 Å². The molecule has 0 aliphatic rings. The summed E-state index contributed by atoms with van der Waals surface area (Å²) in [6, 6.07) is 1.57. The second-order valence-electron chi connectivity index (χ2n) is 2.44. The van der Waals surface area contributed by atoms with Crippen LogP contribution in [0.4, 0.5) is 0 Å². The van der Waals surface area contributed by atoms with Crippen molar-refractivity contribution in [2.75, 3.05) is 7.11 Å². The Hall–Kier alpha value is -1.07. The van der Waals surface area contributed by atoms with E-state index in [4.69, 9.17) is 14.8 Å². The Morgan fingerprint density at radius 3 is 2.67 bits per heavy atom. The standard InChI is InChI=1S/C7H10BNO3/c1-5-3-6(8(10)11)7(12-2)4-9-5/h3-4,10-11H,1-2H3. The van der Waals surface area contributed by atoms with Gasteiger partial charge in [0.05, 0.1) is 13.3 Å². The van der Waals surface area contributed by atoms with Crippen LogP contribution in [0.1, 0.15) is 5.69 Å². The van der Waals surface area contributed by atoms with Crippen LogP contribution in [0.25, 0.3) is 0 Å². The summed E-state index contributed by atoms with van der Waals surface area (Å²) in [4.78, 5) is 3.95. The zero-order chi connectivity index (χ0) is 9.14. The quantitative estimate of drug-likeness (QED) is 0.559. The van der Waals surface area contributed by atoms with Crippen molar-refractivity contribution in [1.29, 1.82) is 0 Å². The highest BCUT2D eigenvalue weighted by Crippen LogP contribution is 2.05. The lowest BCUT2D eigenvalue weighted by atomic mass is 9.80. The average molecular weight is 167 g/mol. The molecule has 2 N–H and O–H groups in total. The minimum absolute atomic E-state index is 0.338. The highest BCUT2D eigenvalue weighted by Gasteiger charge is 2.16. The molecule has 0 bridgehead atoms. The van der Waals surface area contributed by atoms with Gasteiger partial charge in [-0.15, -0.1) is 0 Å². The Balaban J connectivity index is 3.12. The van der Waals surface area contributed by atoms with Gasteiger partial charge in [0.15, 0.2) is 0 Å². The van der Waals surface area contributed by atoms with E-state index in [1.165, 1.54) is 13.3 Å². The maximum Gasteiger partial charge on any atom is 0.492 e. The van der Waals surface area contributed by atoms with Crippen LogP contribution in [-0.2, 0) is 0 Å². The van der Waals surface area contributed by atoms with E-state index in [0.717, 1.165) is 5.69 Å². The number of hydrogen-bond donors (Lipinski definition) is 2. The van der Waals surface area contributed by atoms with E-state index in [-0.39, 0.29) is 0 Å². The lowest BCUT2D eigenvalue weighted by Crippen LogP contribution is -2.31. The van der Waals surface area contributed by atoms with E-state index in [2.05, 4.69) is 4.98 Å². The van der Waals surface area contributed by atoms with Gasteiger partial charge in [0.1, 0.15) is 5.75 Å². The molecule has 1 aromatic heterocycles. The number of ether oxygens (including phenoxy) is 1. The number of aromatic nitrogens is 1. The molecule has 0 atom stereocenters. The third-order valence-corrected chi connectivity index (χ3v) is 1.53. The lowest BCUT2D eigenvalue weighted by Gasteiger charge is -2.06. The molecule has 12 heavy (non-hydrogen) atoms. The van der Waals surface area contributed by atoms with E-state index in [9.17, 15) is 0 Å². The zero-order valence-electron chi connectivity index (χ0n) is 6.98. The molecule has 0 radical (unpaired) electrons. The molecule has 1 rings (SSSR count). The summed E-state index contributed by atoms with van der Waals surface area (Å²) in [5.74, 6) is 0.385. The van der Waals surface area contributed by atoms with Crippen LogP contribution in [0, 0.1) is 6.92 Å². The van der Waals surface area contributed by atoms with E-state index in [0.29, 0.717) is 11.2 Å². The number of pyridine rings is 1. The van der Waals surface area contributed by atoms with Gasteiger partial charge in [0.2, 0.25) is 0 Å². The SMILES string of the molecule is COc1cnc(C)cc1B(O)O. The van der Waals surface area contributed by atoms with Crippen molar-refractivity contribution in [1.82, 2.24) is 4.98 Å². The molecule has 0 spiro atoms. The summed E-state index contributed by atoms with van der Waals surface area (Å²) in [7, 11) is -0.0558. The van der Waals surface area contributed by atoms with Crippen molar-refractivity contribution in [3.05, 3.63) is 18.0 Å². The highest BCUT2D eigenvalue weighted by molar-refractivity contribution is 6.59. The lowest BCUT2D eigenvalue weighted by molar-refractivity contribution is 0.401. The second kappa shape index (κ2) is 3.56. The fourth-order valence-electron chi connectivity index (χ4n) is 0.941. The molecule has 64 valence electrons. The van der Waals surface area contributed by atoms with E-state index < -0.39 is 7.12 Å². The molecular formula is C7H10BNO3. The molecular weight excluding hydrogens is 157 g/mol. The van der Waals surface area contributed by atoms with Crippen LogP contribution in [0.5, 0.6) is 5.75 Å². The number of nitrogens with zero attached hydrogens (tertiary/aromatic N) is 1. The fourth-order valence-corrected chi connectivity index (χ4v) is 0.941. The van der Waals surface area contributed by atoms with Gasteiger partial charge in [-0.3, -0.25) is 4.98 Å². The highest BCUT2D eigenvalue weighted by atomic mass is 16.5. The van der Waals surface area contributed by atoms with Crippen molar-refractivity contribution in [3.63, 3.8) is 0 Å². The van der Waals surface area contributed by atoms with Crippen molar-refractivity contribution in [2.24, 2.45) is 0 Å². The second-order valence-corrected chi connectivity index (χ2v) is 2.44. The van der Waals surface area contributed by atoms with Crippen molar-refractivity contribution in [2.45, 2.75) is 6.92 Å². The molecule has 0 saturated heterocycles. The summed E-state index contributed by atoms with van der Waals surface area (Å²) in [5.41, 5.74) is 1.06. The molecule has 0 aliphatic carbocycles. The first-order chi connectivity index (χ1) is 5.65. The van der Waals surface area contributed by atoms with Gasteiger partial charge in [0, 0.05) is 11.2 Å². The summed E-state index contributed by atoms with van der Waals surface area (Å²) in [6.07, 6.45) is 1.46. The zero-order valence-corrected chi connectivity index (χ0v) is 6.98. The summed E-state index contributed by atoms with van der Waals surface area (Å²) < 4.78 is 4.88. The maximum absolute atomic E-state index is 8.91. The molecule has 0 amide bonds. The topological polar surface area (TPSA) is 62.6 Å². The Morgan fingerprint density at radius 1 is 1.50 bits per heavy atom. The predicted octanol–water partition coefficient (Wildman–Crippen LogP) is -0.922. The van der Waals surface area contributed by atoms with Gasteiger partial charge in [-0.25, -0.2) is 0 Å². The van der Waals surface area contributed by atoms with Crippen LogP contribution in [-0.4, -0.2) is 29.3 Å². The largest absolute Gasteiger partial charge is 0.496 e. The average Bonchev–Trinajstić information content (AvgIpc) is 2.04. The molecule has 0 fully saturated rings. The predicted molar refractivity (Wildman–Crippen MR) is 45.4 cm³/mol. The molecule has 0 saturated carbocycles. The van der Waals surface area contributed by atoms with Gasteiger partial charge in [-0.1, -0.05) is 0 Å². The van der Waals surface area contributed by atoms with Crippen molar-refractivity contribution in [3.8, 4) is 5.75 Å². The Labute approximate surface area is 71.0 Å². The number of hydrogen-bond acceptors (Lipinski definition) is 4. The maximum atomic E-state index is 8.91. The number of methoxy groups -OCH3 is 1. The first-order valence-corrected chi connectivity index (χ1v) is 3.52. The monoisotopic (exact) mass is 167 g/mol. The van der Waals surface area contributed by atoms with E-state index in [1.807, 2.05) is 0 Å². The third kappa shape index (κ3) is 1.75. The minimum Gasteiger partial charge on any atom is -0.496 e. The first-order valence-electron chi connectivity index (χ1n) is 3.52. The molecule has 0 aromatic carbocycles. The van der Waals surface area contributed by atoms with Gasteiger partial charge in [-0.2, -0.15) is 0 Å². The van der Waals surface area contributed by atoms with Crippen LogP contribution in [0.3, 0.4) is 0 Å². The Morgan fingerprint density at radius 2 is 2.17 bits per heavy atom. The van der Waals surface area contributed by atoms with Crippen LogP contribution < -0.4 is 10.2 Å². The van der Waals surface area contributed by atoms with E-state index >= 15 is 0 Å². The molecule has 1 heterocycles. The van der Waals surface area contributed by atoms with Gasteiger partial charge in [0.25, 0.3) is 0 Å². The summed E-state index contributed by atoms with van der Waals surface area (Å²) in [5, 5.41) is 17.8. The number of aryl methyl sites for hydroxylation is 1. The van der Waals surface area contributed by atoms with Crippen molar-refractivity contribution >= 4 is 12.6 Å².